The summed E-state index contributed by atoms with van der Waals surface area (Å²) in [6.07, 6.45) is 2.46. The zero-order valence-electron chi connectivity index (χ0n) is 14.1. The molecule has 1 heterocycles. The molecule has 0 amide bonds. The average molecular weight is 378 g/mol. The number of piperidine rings is 1. The van der Waals surface area contributed by atoms with Crippen LogP contribution in [0.3, 0.4) is 0 Å². The molecule has 1 aromatic rings. The van der Waals surface area contributed by atoms with Crippen LogP contribution in [0, 0.1) is 5.92 Å². The Labute approximate surface area is 151 Å². The Kier molecular flexibility index (Phi) is 9.01. The fourth-order valence-corrected chi connectivity index (χ4v) is 3.30. The largest absolute Gasteiger partial charge is 0.492 e. The number of nitrogens with zero attached hydrogens (tertiary/aromatic N) is 1. The summed E-state index contributed by atoms with van der Waals surface area (Å²) in [6.45, 7) is 8.03. The number of nitrogens with one attached hydrogen (secondary N) is 1. The van der Waals surface area contributed by atoms with Crippen molar-refractivity contribution in [3.05, 3.63) is 24.3 Å². The molecule has 1 aliphatic heterocycles. The second-order valence-electron chi connectivity index (χ2n) is 5.96. The summed E-state index contributed by atoms with van der Waals surface area (Å²) in [7, 11) is -3.64. The fourth-order valence-electron chi connectivity index (χ4n) is 2.78. The van der Waals surface area contributed by atoms with Gasteiger partial charge in [0.25, 0.3) is 0 Å². The highest BCUT2D eigenvalue weighted by molar-refractivity contribution is 7.89. The maximum atomic E-state index is 11.2. The molecule has 8 heteroatoms. The second-order valence-corrected chi connectivity index (χ2v) is 7.52. The number of hydrogen-bond acceptors (Lipinski definition) is 5. The second kappa shape index (κ2) is 10.2. The first-order valence-electron chi connectivity index (χ1n) is 8.17. The SMILES string of the molecule is CCNCC1CCN(CCOc2ccc(S(N)(=O)=O)cc2)CC1.Cl. The van der Waals surface area contributed by atoms with Crippen molar-refractivity contribution >= 4 is 22.4 Å². The van der Waals surface area contributed by atoms with Crippen LogP contribution >= 0.6 is 12.4 Å². The third kappa shape index (κ3) is 6.94. The first-order chi connectivity index (χ1) is 11.0. The van der Waals surface area contributed by atoms with E-state index in [0.29, 0.717) is 12.4 Å². The molecule has 24 heavy (non-hydrogen) atoms. The number of sulfonamides is 1. The number of primary sulfonamides is 1. The molecule has 6 nitrogen and oxygen atoms in total. The van der Waals surface area contributed by atoms with Crippen molar-refractivity contribution in [2.24, 2.45) is 11.1 Å². The minimum atomic E-state index is -3.64. The van der Waals surface area contributed by atoms with Gasteiger partial charge < -0.3 is 10.1 Å². The third-order valence-electron chi connectivity index (χ3n) is 4.22. The topological polar surface area (TPSA) is 84.7 Å². The molecule has 1 saturated heterocycles. The Morgan fingerprint density at radius 2 is 1.88 bits per heavy atom. The van der Waals surface area contributed by atoms with Crippen molar-refractivity contribution in [2.75, 3.05) is 39.3 Å². The highest BCUT2D eigenvalue weighted by Crippen LogP contribution is 2.17. The predicted octanol–water partition coefficient (Wildman–Crippen LogP) is 1.46. The van der Waals surface area contributed by atoms with Gasteiger partial charge in [0.15, 0.2) is 0 Å². The molecular formula is C16H28ClN3O3S. The normalized spacial score (nSPS) is 16.6. The van der Waals surface area contributed by atoms with Crippen molar-refractivity contribution in [1.29, 1.82) is 0 Å². The van der Waals surface area contributed by atoms with Crippen molar-refractivity contribution in [3.63, 3.8) is 0 Å². The molecular weight excluding hydrogens is 350 g/mol. The molecule has 0 bridgehead atoms. The molecule has 0 saturated carbocycles. The lowest BCUT2D eigenvalue weighted by Crippen LogP contribution is -2.39. The standard InChI is InChI=1S/C16H27N3O3S.ClH/c1-2-18-13-14-7-9-19(10-8-14)11-12-22-15-3-5-16(6-4-15)23(17,20)21;/h3-6,14,18H,2,7-13H2,1H3,(H2,17,20,21);1H. The van der Waals surface area contributed by atoms with Crippen LogP contribution in [-0.2, 0) is 10.0 Å². The molecule has 1 aliphatic rings. The molecule has 0 aromatic heterocycles. The van der Waals surface area contributed by atoms with Gasteiger partial charge in [-0.2, -0.15) is 0 Å². The van der Waals surface area contributed by atoms with Gasteiger partial charge in [0.2, 0.25) is 10.0 Å². The zero-order valence-corrected chi connectivity index (χ0v) is 15.7. The maximum absolute atomic E-state index is 11.2. The number of hydrogen-bond donors (Lipinski definition) is 2. The molecule has 2 rings (SSSR count). The molecule has 1 fully saturated rings. The van der Waals surface area contributed by atoms with E-state index in [4.69, 9.17) is 9.88 Å². The van der Waals surface area contributed by atoms with Crippen LogP contribution in [0.2, 0.25) is 0 Å². The lowest BCUT2D eigenvalue weighted by molar-refractivity contribution is 0.154. The molecule has 0 radical (unpaired) electrons. The van der Waals surface area contributed by atoms with Crippen LogP contribution in [-0.4, -0.2) is 52.6 Å². The van der Waals surface area contributed by atoms with Crippen molar-refractivity contribution in [1.82, 2.24) is 10.2 Å². The van der Waals surface area contributed by atoms with Crippen LogP contribution in [0.25, 0.3) is 0 Å². The van der Waals surface area contributed by atoms with Crippen LogP contribution in [0.15, 0.2) is 29.2 Å². The highest BCUT2D eigenvalue weighted by Gasteiger charge is 2.18. The number of rotatable bonds is 8. The minimum absolute atomic E-state index is 0. The van der Waals surface area contributed by atoms with E-state index in [9.17, 15) is 8.42 Å². The van der Waals surface area contributed by atoms with Gasteiger partial charge >= 0.3 is 0 Å². The van der Waals surface area contributed by atoms with Gasteiger partial charge in [-0.1, -0.05) is 6.92 Å². The number of ether oxygens (including phenoxy) is 1. The molecule has 0 atom stereocenters. The summed E-state index contributed by atoms with van der Waals surface area (Å²) in [5.41, 5.74) is 0. The summed E-state index contributed by atoms with van der Waals surface area (Å²) in [5, 5.41) is 8.48. The van der Waals surface area contributed by atoms with E-state index in [1.165, 1.54) is 25.0 Å². The summed E-state index contributed by atoms with van der Waals surface area (Å²) in [6, 6.07) is 6.22. The van der Waals surface area contributed by atoms with E-state index < -0.39 is 10.0 Å². The molecule has 0 unspecified atom stereocenters. The van der Waals surface area contributed by atoms with Crippen molar-refractivity contribution in [3.8, 4) is 5.75 Å². The lowest BCUT2D eigenvalue weighted by Gasteiger charge is -2.31. The quantitative estimate of drug-likeness (QED) is 0.716. The van der Waals surface area contributed by atoms with Crippen LogP contribution < -0.4 is 15.2 Å². The molecule has 0 spiro atoms. The average Bonchev–Trinajstić information content (AvgIpc) is 2.54. The van der Waals surface area contributed by atoms with E-state index >= 15 is 0 Å². The Morgan fingerprint density at radius 1 is 1.25 bits per heavy atom. The van der Waals surface area contributed by atoms with Gasteiger partial charge in [-0.25, -0.2) is 13.6 Å². The molecule has 138 valence electrons. The smallest absolute Gasteiger partial charge is 0.238 e. The number of nitrogens with two attached hydrogens (primary N) is 1. The van der Waals surface area contributed by atoms with E-state index in [2.05, 4.69) is 17.1 Å². The summed E-state index contributed by atoms with van der Waals surface area (Å²) in [5.74, 6) is 1.46. The zero-order chi connectivity index (χ0) is 16.7. The number of halogens is 1. The third-order valence-corrected chi connectivity index (χ3v) is 5.15. The summed E-state index contributed by atoms with van der Waals surface area (Å²) >= 11 is 0. The summed E-state index contributed by atoms with van der Waals surface area (Å²) in [4.78, 5) is 2.52. The van der Waals surface area contributed by atoms with Gasteiger partial charge in [-0.05, 0) is 69.2 Å². The van der Waals surface area contributed by atoms with E-state index in [0.717, 1.165) is 38.6 Å². The van der Waals surface area contributed by atoms with Gasteiger partial charge in [-0.15, -0.1) is 12.4 Å². The number of likely N-dealkylation sites (tertiary alicyclic amines) is 1. The van der Waals surface area contributed by atoms with Crippen LogP contribution in [0.1, 0.15) is 19.8 Å². The van der Waals surface area contributed by atoms with Crippen LogP contribution in [0.5, 0.6) is 5.75 Å². The van der Waals surface area contributed by atoms with E-state index in [1.54, 1.807) is 12.1 Å². The van der Waals surface area contributed by atoms with Crippen molar-refractivity contribution < 1.29 is 13.2 Å². The first kappa shape index (κ1) is 21.2. The van der Waals surface area contributed by atoms with Gasteiger partial charge in [0.05, 0.1) is 4.90 Å². The molecule has 3 N–H and O–H groups in total. The minimum Gasteiger partial charge on any atom is -0.492 e. The van der Waals surface area contributed by atoms with Gasteiger partial charge in [0, 0.05) is 6.54 Å². The molecule has 0 aliphatic carbocycles. The maximum Gasteiger partial charge on any atom is 0.238 e. The lowest BCUT2D eigenvalue weighted by atomic mass is 9.97. The van der Waals surface area contributed by atoms with Gasteiger partial charge in [-0.3, -0.25) is 4.90 Å². The Morgan fingerprint density at radius 3 is 2.42 bits per heavy atom. The Hall–Kier alpha value is -0.860. The van der Waals surface area contributed by atoms with Gasteiger partial charge in [0.1, 0.15) is 12.4 Å². The predicted molar refractivity (Wildman–Crippen MR) is 98.3 cm³/mol. The highest BCUT2D eigenvalue weighted by atomic mass is 35.5. The number of benzene rings is 1. The summed E-state index contributed by atoms with van der Waals surface area (Å²) < 4.78 is 28.0. The molecule has 1 aromatic carbocycles. The Balaban J connectivity index is 0.00000288. The Bertz CT molecular complexity index is 573. The van der Waals surface area contributed by atoms with E-state index in [-0.39, 0.29) is 17.3 Å². The van der Waals surface area contributed by atoms with Crippen LogP contribution in [0.4, 0.5) is 0 Å². The van der Waals surface area contributed by atoms with Crippen molar-refractivity contribution in [2.45, 2.75) is 24.7 Å². The van der Waals surface area contributed by atoms with E-state index in [1.807, 2.05) is 0 Å². The monoisotopic (exact) mass is 377 g/mol. The fraction of sp³-hybridized carbons (Fsp3) is 0.625. The first-order valence-corrected chi connectivity index (χ1v) is 9.72.